The molecule has 1 heterocycles. The van der Waals surface area contributed by atoms with Gasteiger partial charge in [0.1, 0.15) is 0 Å². The van der Waals surface area contributed by atoms with Crippen LogP contribution in [-0.4, -0.2) is 43.8 Å². The predicted molar refractivity (Wildman–Crippen MR) is 63.9 cm³/mol. The van der Waals surface area contributed by atoms with Gasteiger partial charge in [-0.3, -0.25) is 4.90 Å². The number of likely N-dealkylation sites (tertiary alicyclic amines) is 1. The molecular formula is C12H26N2O. The van der Waals surface area contributed by atoms with Crippen LogP contribution in [0, 0.1) is 5.92 Å². The molecule has 0 saturated carbocycles. The monoisotopic (exact) mass is 214 g/mol. The summed E-state index contributed by atoms with van der Waals surface area (Å²) in [6.45, 7) is 9.12. The molecule has 0 aliphatic carbocycles. The van der Waals surface area contributed by atoms with Crippen molar-refractivity contribution in [3.05, 3.63) is 0 Å². The van der Waals surface area contributed by atoms with Crippen LogP contribution in [0.15, 0.2) is 0 Å². The summed E-state index contributed by atoms with van der Waals surface area (Å²) >= 11 is 0. The molecule has 3 heteroatoms. The lowest BCUT2D eigenvalue weighted by Gasteiger charge is -2.38. The summed E-state index contributed by atoms with van der Waals surface area (Å²) < 4.78 is 5.45. The van der Waals surface area contributed by atoms with Gasteiger partial charge in [0.25, 0.3) is 0 Å². The fourth-order valence-corrected chi connectivity index (χ4v) is 2.42. The first kappa shape index (κ1) is 12.9. The smallest absolute Gasteiger partial charge is 0.0594 e. The molecule has 0 aromatic rings. The summed E-state index contributed by atoms with van der Waals surface area (Å²) in [5.41, 5.74) is 5.38. The van der Waals surface area contributed by atoms with Crippen LogP contribution in [0.5, 0.6) is 0 Å². The number of nitrogens with zero attached hydrogens (tertiary/aromatic N) is 1. The predicted octanol–water partition coefficient (Wildman–Crippen LogP) is 1.47. The van der Waals surface area contributed by atoms with Crippen molar-refractivity contribution in [1.29, 1.82) is 0 Å². The van der Waals surface area contributed by atoms with Crippen LogP contribution in [0.3, 0.4) is 0 Å². The van der Waals surface area contributed by atoms with Gasteiger partial charge in [0.05, 0.1) is 13.2 Å². The van der Waals surface area contributed by atoms with Crippen LogP contribution in [0.25, 0.3) is 0 Å². The average Bonchev–Trinajstić information content (AvgIpc) is 2.25. The Bertz CT molecular complexity index is 162. The van der Waals surface area contributed by atoms with Gasteiger partial charge in [-0.2, -0.15) is 0 Å². The first-order valence-corrected chi connectivity index (χ1v) is 6.27. The molecule has 1 aliphatic heterocycles. The van der Waals surface area contributed by atoms with Gasteiger partial charge in [0.15, 0.2) is 0 Å². The van der Waals surface area contributed by atoms with E-state index in [2.05, 4.69) is 18.7 Å². The maximum atomic E-state index is 5.45. The van der Waals surface area contributed by atoms with Crippen molar-refractivity contribution in [2.24, 2.45) is 11.7 Å². The summed E-state index contributed by atoms with van der Waals surface area (Å²) in [5, 5.41) is 0. The average molecular weight is 214 g/mol. The van der Waals surface area contributed by atoms with Gasteiger partial charge < -0.3 is 10.5 Å². The number of hydrogen-bond donors (Lipinski definition) is 1. The van der Waals surface area contributed by atoms with Gasteiger partial charge in [-0.15, -0.1) is 0 Å². The molecule has 1 fully saturated rings. The van der Waals surface area contributed by atoms with E-state index in [4.69, 9.17) is 10.5 Å². The fraction of sp³-hybridized carbons (Fsp3) is 1.00. The molecule has 0 radical (unpaired) electrons. The molecule has 90 valence electrons. The minimum absolute atomic E-state index is 0.633. The third kappa shape index (κ3) is 4.49. The molecule has 15 heavy (non-hydrogen) atoms. The zero-order chi connectivity index (χ0) is 11.1. The second-order valence-electron chi connectivity index (χ2n) is 4.74. The Morgan fingerprint density at radius 3 is 2.80 bits per heavy atom. The van der Waals surface area contributed by atoms with E-state index in [0.29, 0.717) is 13.2 Å². The number of hydrogen-bond acceptors (Lipinski definition) is 3. The van der Waals surface area contributed by atoms with E-state index in [1.807, 2.05) is 0 Å². The molecule has 3 nitrogen and oxygen atoms in total. The van der Waals surface area contributed by atoms with E-state index in [1.54, 1.807) is 0 Å². The van der Waals surface area contributed by atoms with Crippen LogP contribution in [0.1, 0.15) is 33.1 Å². The number of piperidine rings is 1. The van der Waals surface area contributed by atoms with Crippen molar-refractivity contribution >= 4 is 0 Å². The number of rotatable bonds is 6. The molecular weight excluding hydrogens is 188 g/mol. The Morgan fingerprint density at radius 1 is 1.33 bits per heavy atom. The SMILES string of the molecule is CC(C)C1CCCCN1CCOCCN. The third-order valence-corrected chi connectivity index (χ3v) is 3.22. The Labute approximate surface area is 94.0 Å². The molecule has 1 rings (SSSR count). The van der Waals surface area contributed by atoms with Crippen molar-refractivity contribution in [3.8, 4) is 0 Å². The van der Waals surface area contributed by atoms with Crippen LogP contribution in [-0.2, 0) is 4.74 Å². The Hall–Kier alpha value is -0.120. The molecule has 0 amide bonds. The molecule has 0 spiro atoms. The summed E-state index contributed by atoms with van der Waals surface area (Å²) in [4.78, 5) is 2.59. The lowest BCUT2D eigenvalue weighted by atomic mass is 9.93. The largest absolute Gasteiger partial charge is 0.379 e. The molecule has 0 aromatic heterocycles. The van der Waals surface area contributed by atoms with Crippen LogP contribution >= 0.6 is 0 Å². The quantitative estimate of drug-likeness (QED) is 0.681. The standard InChI is InChI=1S/C12H26N2O/c1-11(2)12-5-3-4-7-14(12)8-10-15-9-6-13/h11-12H,3-10,13H2,1-2H3. The highest BCUT2D eigenvalue weighted by Crippen LogP contribution is 2.22. The first-order valence-electron chi connectivity index (χ1n) is 6.27. The van der Waals surface area contributed by atoms with Gasteiger partial charge in [-0.1, -0.05) is 20.3 Å². The minimum atomic E-state index is 0.633. The van der Waals surface area contributed by atoms with Crippen molar-refractivity contribution in [2.45, 2.75) is 39.2 Å². The molecule has 0 bridgehead atoms. The van der Waals surface area contributed by atoms with E-state index in [9.17, 15) is 0 Å². The van der Waals surface area contributed by atoms with E-state index >= 15 is 0 Å². The summed E-state index contributed by atoms with van der Waals surface area (Å²) in [5.74, 6) is 0.764. The van der Waals surface area contributed by atoms with Gasteiger partial charge in [-0.25, -0.2) is 0 Å². The maximum Gasteiger partial charge on any atom is 0.0594 e. The van der Waals surface area contributed by atoms with E-state index in [0.717, 1.165) is 25.1 Å². The summed E-state index contributed by atoms with van der Waals surface area (Å²) in [6, 6.07) is 0.764. The molecule has 1 atom stereocenters. The van der Waals surface area contributed by atoms with Crippen molar-refractivity contribution < 1.29 is 4.74 Å². The molecule has 1 saturated heterocycles. The van der Waals surface area contributed by atoms with Gasteiger partial charge in [0.2, 0.25) is 0 Å². The van der Waals surface area contributed by atoms with Crippen molar-refractivity contribution in [2.75, 3.05) is 32.8 Å². The Balaban J connectivity index is 2.23. The third-order valence-electron chi connectivity index (χ3n) is 3.22. The highest BCUT2D eigenvalue weighted by Gasteiger charge is 2.24. The Kier molecular flexibility index (Phi) is 6.22. The highest BCUT2D eigenvalue weighted by molar-refractivity contribution is 4.79. The zero-order valence-corrected chi connectivity index (χ0v) is 10.2. The van der Waals surface area contributed by atoms with Crippen LogP contribution in [0.4, 0.5) is 0 Å². The Morgan fingerprint density at radius 2 is 2.13 bits per heavy atom. The second kappa shape index (κ2) is 7.20. The van der Waals surface area contributed by atoms with Crippen molar-refractivity contribution in [1.82, 2.24) is 4.90 Å². The van der Waals surface area contributed by atoms with Crippen LogP contribution in [0.2, 0.25) is 0 Å². The van der Waals surface area contributed by atoms with Gasteiger partial charge in [0, 0.05) is 19.1 Å². The summed E-state index contributed by atoms with van der Waals surface area (Å²) in [7, 11) is 0. The van der Waals surface area contributed by atoms with Crippen LogP contribution < -0.4 is 5.73 Å². The first-order chi connectivity index (χ1) is 7.25. The molecule has 2 N–H and O–H groups in total. The lowest BCUT2D eigenvalue weighted by molar-refractivity contribution is 0.0592. The summed E-state index contributed by atoms with van der Waals surface area (Å²) in [6.07, 6.45) is 4.09. The second-order valence-corrected chi connectivity index (χ2v) is 4.74. The highest BCUT2D eigenvalue weighted by atomic mass is 16.5. The number of nitrogens with two attached hydrogens (primary N) is 1. The molecule has 1 unspecified atom stereocenters. The fourth-order valence-electron chi connectivity index (χ4n) is 2.42. The zero-order valence-electron chi connectivity index (χ0n) is 10.2. The normalized spacial score (nSPS) is 23.6. The number of ether oxygens (including phenoxy) is 1. The lowest BCUT2D eigenvalue weighted by Crippen LogP contribution is -2.44. The van der Waals surface area contributed by atoms with E-state index in [1.165, 1.54) is 25.8 Å². The van der Waals surface area contributed by atoms with Gasteiger partial charge in [-0.05, 0) is 25.3 Å². The van der Waals surface area contributed by atoms with E-state index in [-0.39, 0.29) is 0 Å². The molecule has 0 aromatic carbocycles. The van der Waals surface area contributed by atoms with E-state index < -0.39 is 0 Å². The topological polar surface area (TPSA) is 38.5 Å². The minimum Gasteiger partial charge on any atom is -0.379 e. The molecule has 1 aliphatic rings. The van der Waals surface area contributed by atoms with Gasteiger partial charge >= 0.3 is 0 Å². The van der Waals surface area contributed by atoms with Crippen molar-refractivity contribution in [3.63, 3.8) is 0 Å². The maximum absolute atomic E-state index is 5.45.